The SMILES string of the molecule is CCCOC(=O)CC1COc2ccc(NC(=O)c3ccc(C#N)cc3)cc2C1O. The van der Waals surface area contributed by atoms with Crippen LogP contribution < -0.4 is 10.1 Å². The molecule has 1 heterocycles. The molecule has 2 atom stereocenters. The number of aliphatic hydroxyl groups excluding tert-OH is 1. The fourth-order valence-electron chi connectivity index (χ4n) is 3.09. The molecule has 0 saturated heterocycles. The van der Waals surface area contributed by atoms with Gasteiger partial charge >= 0.3 is 5.97 Å². The first-order valence-electron chi connectivity index (χ1n) is 9.43. The van der Waals surface area contributed by atoms with Gasteiger partial charge in [0.2, 0.25) is 0 Å². The van der Waals surface area contributed by atoms with Crippen molar-refractivity contribution in [2.75, 3.05) is 18.5 Å². The molecule has 2 aromatic rings. The molecule has 0 spiro atoms. The molecule has 150 valence electrons. The van der Waals surface area contributed by atoms with Gasteiger partial charge in [0.05, 0.1) is 37.4 Å². The fourth-order valence-corrected chi connectivity index (χ4v) is 3.09. The summed E-state index contributed by atoms with van der Waals surface area (Å²) in [6, 6.07) is 13.3. The van der Waals surface area contributed by atoms with Gasteiger partial charge in [-0.2, -0.15) is 5.26 Å². The second-order valence-corrected chi connectivity index (χ2v) is 6.84. The van der Waals surface area contributed by atoms with Gasteiger partial charge in [-0.3, -0.25) is 9.59 Å². The highest BCUT2D eigenvalue weighted by atomic mass is 16.5. The fraction of sp³-hybridized carbons (Fsp3) is 0.318. The van der Waals surface area contributed by atoms with E-state index in [9.17, 15) is 14.7 Å². The molecule has 0 fully saturated rings. The lowest BCUT2D eigenvalue weighted by molar-refractivity contribution is -0.146. The maximum atomic E-state index is 12.4. The Bertz CT molecular complexity index is 933. The molecule has 0 radical (unpaired) electrons. The Morgan fingerprint density at radius 3 is 2.72 bits per heavy atom. The molecule has 1 aliphatic rings. The number of benzene rings is 2. The van der Waals surface area contributed by atoms with Crippen molar-refractivity contribution >= 4 is 17.6 Å². The molecule has 1 aliphatic heterocycles. The number of carbonyl (C=O) groups excluding carboxylic acids is 2. The molecule has 7 heteroatoms. The Morgan fingerprint density at radius 1 is 1.28 bits per heavy atom. The molecule has 0 aliphatic carbocycles. The van der Waals surface area contributed by atoms with Crippen LogP contribution in [0.15, 0.2) is 42.5 Å². The van der Waals surface area contributed by atoms with Gasteiger partial charge in [0.1, 0.15) is 5.75 Å². The summed E-state index contributed by atoms with van der Waals surface area (Å²) in [6.45, 7) is 2.48. The number of hydrogen-bond acceptors (Lipinski definition) is 6. The lowest BCUT2D eigenvalue weighted by Gasteiger charge is -2.30. The van der Waals surface area contributed by atoms with Gasteiger partial charge in [-0.25, -0.2) is 0 Å². The number of ether oxygens (including phenoxy) is 2. The third kappa shape index (κ3) is 4.92. The third-order valence-corrected chi connectivity index (χ3v) is 4.66. The second-order valence-electron chi connectivity index (χ2n) is 6.84. The molecule has 0 bridgehead atoms. The van der Waals surface area contributed by atoms with Crippen molar-refractivity contribution in [2.24, 2.45) is 5.92 Å². The van der Waals surface area contributed by atoms with E-state index < -0.39 is 12.0 Å². The molecular weight excluding hydrogens is 372 g/mol. The van der Waals surface area contributed by atoms with E-state index in [1.54, 1.807) is 42.5 Å². The highest BCUT2D eigenvalue weighted by Gasteiger charge is 2.32. The number of rotatable bonds is 6. The van der Waals surface area contributed by atoms with E-state index in [0.29, 0.717) is 34.7 Å². The van der Waals surface area contributed by atoms with E-state index in [1.165, 1.54) is 0 Å². The molecule has 3 rings (SSSR count). The molecule has 2 N–H and O–H groups in total. The highest BCUT2D eigenvalue weighted by molar-refractivity contribution is 6.04. The number of esters is 1. The van der Waals surface area contributed by atoms with E-state index in [1.807, 2.05) is 13.0 Å². The number of nitrogens with one attached hydrogen (secondary N) is 1. The van der Waals surface area contributed by atoms with E-state index in [-0.39, 0.29) is 24.9 Å². The van der Waals surface area contributed by atoms with Crippen LogP contribution >= 0.6 is 0 Å². The zero-order valence-electron chi connectivity index (χ0n) is 16.1. The number of nitrogens with zero attached hydrogens (tertiary/aromatic N) is 1. The summed E-state index contributed by atoms with van der Waals surface area (Å²) in [5.41, 5.74) is 1.89. The Hall–Kier alpha value is -3.37. The van der Waals surface area contributed by atoms with Gasteiger partial charge in [0.15, 0.2) is 0 Å². The Morgan fingerprint density at radius 2 is 2.03 bits per heavy atom. The monoisotopic (exact) mass is 394 g/mol. The highest BCUT2D eigenvalue weighted by Crippen LogP contribution is 2.38. The Labute approximate surface area is 168 Å². The summed E-state index contributed by atoms with van der Waals surface area (Å²) in [7, 11) is 0. The predicted molar refractivity (Wildman–Crippen MR) is 105 cm³/mol. The lowest BCUT2D eigenvalue weighted by atomic mass is 9.90. The summed E-state index contributed by atoms with van der Waals surface area (Å²) in [5.74, 6) is -0.600. The summed E-state index contributed by atoms with van der Waals surface area (Å²) >= 11 is 0. The summed E-state index contributed by atoms with van der Waals surface area (Å²) in [6.07, 6.45) is -0.108. The standard InChI is InChI=1S/C22H22N2O5/c1-2-9-28-20(25)10-16-13-29-19-8-7-17(11-18(19)21(16)26)24-22(27)15-5-3-14(12-23)4-6-15/h3-8,11,16,21,26H,2,9-10,13H2,1H3,(H,24,27). The minimum Gasteiger partial charge on any atom is -0.493 e. The Balaban J connectivity index is 1.70. The normalized spacial score (nSPS) is 17.4. The van der Waals surface area contributed by atoms with Crippen LogP contribution in [0.1, 0.15) is 47.4 Å². The van der Waals surface area contributed by atoms with Crippen molar-refractivity contribution in [1.82, 2.24) is 0 Å². The molecule has 2 aromatic carbocycles. The third-order valence-electron chi connectivity index (χ3n) is 4.66. The molecule has 2 unspecified atom stereocenters. The zero-order chi connectivity index (χ0) is 20.8. The maximum absolute atomic E-state index is 12.4. The summed E-state index contributed by atoms with van der Waals surface area (Å²) in [5, 5.41) is 22.3. The van der Waals surface area contributed by atoms with Gasteiger partial charge in [0, 0.05) is 22.7 Å². The lowest BCUT2D eigenvalue weighted by Crippen LogP contribution is -2.29. The predicted octanol–water partition coefficient (Wildman–Crippen LogP) is 3.20. The first-order chi connectivity index (χ1) is 14.0. The number of anilines is 1. The van der Waals surface area contributed by atoms with Crippen molar-refractivity contribution in [2.45, 2.75) is 25.9 Å². The number of hydrogen-bond donors (Lipinski definition) is 2. The second kappa shape index (κ2) is 9.22. The van der Waals surface area contributed by atoms with Crippen molar-refractivity contribution < 1.29 is 24.2 Å². The van der Waals surface area contributed by atoms with E-state index >= 15 is 0 Å². The van der Waals surface area contributed by atoms with Gasteiger partial charge in [-0.05, 0) is 48.9 Å². The molecule has 1 amide bonds. The zero-order valence-corrected chi connectivity index (χ0v) is 16.1. The number of fused-ring (bicyclic) bond motifs is 1. The van der Waals surface area contributed by atoms with Crippen molar-refractivity contribution in [3.8, 4) is 11.8 Å². The van der Waals surface area contributed by atoms with Crippen LogP contribution in [-0.2, 0) is 9.53 Å². The van der Waals surface area contributed by atoms with Gasteiger partial charge < -0.3 is 19.9 Å². The molecule has 7 nitrogen and oxygen atoms in total. The van der Waals surface area contributed by atoms with E-state index in [2.05, 4.69) is 5.32 Å². The minimum absolute atomic E-state index is 0.0580. The van der Waals surface area contributed by atoms with Crippen molar-refractivity contribution in [3.05, 3.63) is 59.2 Å². The van der Waals surface area contributed by atoms with Crippen LogP contribution in [0.3, 0.4) is 0 Å². The van der Waals surface area contributed by atoms with Crippen LogP contribution in [0.4, 0.5) is 5.69 Å². The average Bonchev–Trinajstić information content (AvgIpc) is 2.74. The maximum Gasteiger partial charge on any atom is 0.306 e. The smallest absolute Gasteiger partial charge is 0.306 e. The van der Waals surface area contributed by atoms with Crippen molar-refractivity contribution in [3.63, 3.8) is 0 Å². The number of amides is 1. The van der Waals surface area contributed by atoms with Crippen LogP contribution in [0.2, 0.25) is 0 Å². The minimum atomic E-state index is -0.903. The van der Waals surface area contributed by atoms with Gasteiger partial charge in [0.25, 0.3) is 5.91 Å². The first kappa shape index (κ1) is 20.4. The molecule has 0 aromatic heterocycles. The first-order valence-corrected chi connectivity index (χ1v) is 9.43. The molecule has 0 saturated carbocycles. The van der Waals surface area contributed by atoms with E-state index in [4.69, 9.17) is 14.7 Å². The number of nitriles is 1. The topological polar surface area (TPSA) is 109 Å². The van der Waals surface area contributed by atoms with Gasteiger partial charge in [-0.1, -0.05) is 6.92 Å². The average molecular weight is 394 g/mol. The van der Waals surface area contributed by atoms with Crippen LogP contribution in [0.25, 0.3) is 0 Å². The largest absolute Gasteiger partial charge is 0.493 e. The Kier molecular flexibility index (Phi) is 6.47. The van der Waals surface area contributed by atoms with Crippen LogP contribution in [-0.4, -0.2) is 30.2 Å². The quantitative estimate of drug-likeness (QED) is 0.729. The number of carbonyl (C=O) groups is 2. The van der Waals surface area contributed by atoms with Crippen LogP contribution in [0.5, 0.6) is 5.75 Å². The van der Waals surface area contributed by atoms with Crippen molar-refractivity contribution in [1.29, 1.82) is 5.26 Å². The number of aliphatic hydroxyl groups is 1. The summed E-state index contributed by atoms with van der Waals surface area (Å²) < 4.78 is 10.8. The van der Waals surface area contributed by atoms with Crippen LogP contribution in [0, 0.1) is 17.2 Å². The summed E-state index contributed by atoms with van der Waals surface area (Å²) in [4.78, 5) is 24.3. The molecule has 29 heavy (non-hydrogen) atoms. The van der Waals surface area contributed by atoms with E-state index in [0.717, 1.165) is 6.42 Å². The van der Waals surface area contributed by atoms with Gasteiger partial charge in [-0.15, -0.1) is 0 Å². The molecular formula is C22H22N2O5.